The first kappa shape index (κ1) is 21.8. The molecule has 0 aliphatic heterocycles. The maximum atomic E-state index is 12.1. The fourth-order valence-electron chi connectivity index (χ4n) is 1.91. The van der Waals surface area contributed by atoms with Gasteiger partial charge in [0.25, 0.3) is 0 Å². The summed E-state index contributed by atoms with van der Waals surface area (Å²) in [7, 11) is 3.75. The van der Waals surface area contributed by atoms with Crippen molar-refractivity contribution >= 4 is 85.0 Å². The van der Waals surface area contributed by atoms with Crippen molar-refractivity contribution in [3.63, 3.8) is 0 Å². The summed E-state index contributed by atoms with van der Waals surface area (Å²) in [5, 5.41) is 3.60. The summed E-state index contributed by atoms with van der Waals surface area (Å²) in [5.74, 6) is 2.46. The van der Waals surface area contributed by atoms with E-state index < -0.39 is 0 Å². The third-order valence-electron chi connectivity index (χ3n) is 3.10. The third kappa shape index (κ3) is 7.26. The molecule has 0 saturated heterocycles. The molecule has 1 amide bonds. The smallest absolute Gasteiger partial charge is 0.234 e. The minimum Gasteiger partial charge on any atom is -0.364 e. The molecule has 0 aliphatic rings. The molecule has 4 nitrogen and oxygen atoms in total. The van der Waals surface area contributed by atoms with E-state index in [0.717, 1.165) is 31.7 Å². The lowest BCUT2D eigenvalue weighted by molar-refractivity contribution is -0.113. The van der Waals surface area contributed by atoms with E-state index in [-0.39, 0.29) is 5.91 Å². The van der Waals surface area contributed by atoms with Crippen LogP contribution < -0.4 is 5.32 Å². The highest BCUT2D eigenvalue weighted by Crippen LogP contribution is 2.31. The second-order valence-electron chi connectivity index (χ2n) is 5.93. The molecule has 1 N–H and O–H groups in total. The lowest BCUT2D eigenvalue weighted by Crippen LogP contribution is -2.20. The SMILES string of the molecule is CC(C)SCCSc1nc2ccc(NC(=O)CSC(=S)N(C)C)cc2s1. The number of amides is 1. The van der Waals surface area contributed by atoms with Crippen molar-refractivity contribution in [3.05, 3.63) is 18.2 Å². The van der Waals surface area contributed by atoms with Crippen LogP contribution in [-0.2, 0) is 4.79 Å². The van der Waals surface area contributed by atoms with Crippen molar-refractivity contribution < 1.29 is 4.79 Å². The minimum atomic E-state index is -0.0524. The van der Waals surface area contributed by atoms with Crippen LogP contribution in [0.4, 0.5) is 5.69 Å². The van der Waals surface area contributed by atoms with Gasteiger partial charge >= 0.3 is 0 Å². The largest absolute Gasteiger partial charge is 0.364 e. The molecule has 9 heteroatoms. The average molecular weight is 446 g/mol. The molecule has 1 aromatic heterocycles. The summed E-state index contributed by atoms with van der Waals surface area (Å²) in [6, 6.07) is 5.86. The normalized spacial score (nSPS) is 11.1. The van der Waals surface area contributed by atoms with Crippen molar-refractivity contribution in [1.29, 1.82) is 0 Å². The van der Waals surface area contributed by atoms with Gasteiger partial charge in [-0.15, -0.1) is 11.3 Å². The lowest BCUT2D eigenvalue weighted by Gasteiger charge is -2.12. The molecule has 26 heavy (non-hydrogen) atoms. The predicted octanol–water partition coefficient (Wildman–Crippen LogP) is 5.05. The monoisotopic (exact) mass is 445 g/mol. The number of hydrogen-bond donors (Lipinski definition) is 1. The number of thioether (sulfide) groups is 3. The molecule has 1 heterocycles. The number of rotatable bonds is 8. The predicted molar refractivity (Wildman–Crippen MR) is 125 cm³/mol. The number of thiazole rings is 1. The van der Waals surface area contributed by atoms with Gasteiger partial charge in [0.15, 0.2) is 4.34 Å². The van der Waals surface area contributed by atoms with Gasteiger partial charge in [0.2, 0.25) is 5.91 Å². The molecule has 0 bridgehead atoms. The zero-order valence-electron chi connectivity index (χ0n) is 15.3. The summed E-state index contributed by atoms with van der Waals surface area (Å²) in [5.41, 5.74) is 1.78. The summed E-state index contributed by atoms with van der Waals surface area (Å²) in [6.07, 6.45) is 0. The maximum Gasteiger partial charge on any atom is 0.234 e. The van der Waals surface area contributed by atoms with E-state index in [1.165, 1.54) is 11.8 Å². The molecule has 0 spiro atoms. The van der Waals surface area contributed by atoms with Crippen molar-refractivity contribution in [2.24, 2.45) is 0 Å². The Morgan fingerprint density at radius 1 is 1.35 bits per heavy atom. The van der Waals surface area contributed by atoms with Crippen molar-refractivity contribution in [2.45, 2.75) is 23.4 Å². The fraction of sp³-hybridized carbons (Fsp3) is 0.471. The number of carbonyl (C=O) groups is 1. The van der Waals surface area contributed by atoms with Crippen LogP contribution in [-0.4, -0.2) is 56.7 Å². The van der Waals surface area contributed by atoms with Crippen LogP contribution in [0.3, 0.4) is 0 Å². The Labute approximate surface area is 177 Å². The molecule has 0 unspecified atom stereocenters. The molecular weight excluding hydrogens is 423 g/mol. The maximum absolute atomic E-state index is 12.1. The number of nitrogens with zero attached hydrogens (tertiary/aromatic N) is 2. The minimum absolute atomic E-state index is 0.0524. The van der Waals surface area contributed by atoms with Crippen molar-refractivity contribution in [2.75, 3.05) is 36.7 Å². The van der Waals surface area contributed by atoms with Gasteiger partial charge in [-0.3, -0.25) is 4.79 Å². The van der Waals surface area contributed by atoms with Gasteiger partial charge < -0.3 is 10.2 Å². The Kier molecular flexibility index (Phi) is 9.02. The van der Waals surface area contributed by atoms with Crippen molar-refractivity contribution in [1.82, 2.24) is 9.88 Å². The van der Waals surface area contributed by atoms with Crippen LogP contribution in [0.1, 0.15) is 13.8 Å². The zero-order valence-corrected chi connectivity index (χ0v) is 19.4. The number of anilines is 1. The van der Waals surface area contributed by atoms with E-state index in [9.17, 15) is 4.79 Å². The first-order chi connectivity index (χ1) is 12.3. The van der Waals surface area contributed by atoms with Gasteiger partial charge in [0.05, 0.1) is 16.0 Å². The molecule has 0 saturated carbocycles. The van der Waals surface area contributed by atoms with E-state index in [1.54, 1.807) is 23.1 Å². The first-order valence-electron chi connectivity index (χ1n) is 8.14. The standard InChI is InChI=1S/C17H23N3OS5/c1-11(2)23-7-8-24-16-19-13-6-5-12(9-14(13)26-16)18-15(21)10-25-17(22)20(3)4/h5-6,9,11H,7-8,10H2,1-4H3,(H,18,21). The number of hydrogen-bond acceptors (Lipinski definition) is 7. The second-order valence-corrected chi connectivity index (χ2v) is 11.6. The Morgan fingerprint density at radius 2 is 2.12 bits per heavy atom. The zero-order chi connectivity index (χ0) is 19.1. The van der Waals surface area contributed by atoms with E-state index in [2.05, 4.69) is 24.1 Å². The number of nitrogens with one attached hydrogen (secondary N) is 1. The average Bonchev–Trinajstić information content (AvgIpc) is 2.98. The van der Waals surface area contributed by atoms with E-state index in [0.29, 0.717) is 15.3 Å². The summed E-state index contributed by atoms with van der Waals surface area (Å²) >= 11 is 12.0. The van der Waals surface area contributed by atoms with E-state index in [1.807, 2.05) is 49.0 Å². The van der Waals surface area contributed by atoms with Gasteiger partial charge in [0.1, 0.15) is 4.32 Å². The quantitative estimate of drug-likeness (QED) is 0.346. The number of benzene rings is 1. The molecule has 2 rings (SSSR count). The van der Waals surface area contributed by atoms with Crippen LogP contribution >= 0.6 is 58.8 Å². The summed E-state index contributed by atoms with van der Waals surface area (Å²) in [4.78, 5) is 18.6. The molecule has 142 valence electrons. The van der Waals surface area contributed by atoms with Gasteiger partial charge in [-0.05, 0) is 23.4 Å². The molecule has 0 radical (unpaired) electrons. The van der Waals surface area contributed by atoms with Crippen molar-refractivity contribution in [3.8, 4) is 0 Å². The second kappa shape index (κ2) is 10.8. The van der Waals surface area contributed by atoms with Gasteiger partial charge in [0, 0.05) is 31.3 Å². The molecule has 1 aromatic carbocycles. The van der Waals surface area contributed by atoms with Crippen LogP contribution in [0.15, 0.2) is 22.5 Å². The number of fused-ring (bicyclic) bond motifs is 1. The molecule has 0 atom stereocenters. The number of thiocarbonyl (C=S) groups is 1. The van der Waals surface area contributed by atoms with Crippen LogP contribution in [0.2, 0.25) is 0 Å². The molecule has 0 fully saturated rings. The van der Waals surface area contributed by atoms with Crippen LogP contribution in [0.5, 0.6) is 0 Å². The number of aromatic nitrogens is 1. The summed E-state index contributed by atoms with van der Waals surface area (Å²) in [6.45, 7) is 4.44. The Bertz CT molecular complexity index is 760. The Balaban J connectivity index is 1.89. The third-order valence-corrected chi connectivity index (χ3v) is 8.37. The van der Waals surface area contributed by atoms with Gasteiger partial charge in [-0.2, -0.15) is 11.8 Å². The number of carbonyl (C=O) groups excluding carboxylic acids is 1. The van der Waals surface area contributed by atoms with Crippen LogP contribution in [0, 0.1) is 0 Å². The highest BCUT2D eigenvalue weighted by molar-refractivity contribution is 8.23. The fourth-order valence-corrected chi connectivity index (χ4v) is 5.69. The Hall–Kier alpha value is -0.480. The molecule has 2 aromatic rings. The van der Waals surface area contributed by atoms with E-state index >= 15 is 0 Å². The molecule has 0 aliphatic carbocycles. The Morgan fingerprint density at radius 3 is 2.81 bits per heavy atom. The summed E-state index contributed by atoms with van der Waals surface area (Å²) < 4.78 is 2.88. The van der Waals surface area contributed by atoms with Crippen LogP contribution in [0.25, 0.3) is 10.2 Å². The first-order valence-corrected chi connectivity index (χ1v) is 12.4. The van der Waals surface area contributed by atoms with Gasteiger partial charge in [-0.25, -0.2) is 4.98 Å². The molecular formula is C17H23N3OS5. The lowest BCUT2D eigenvalue weighted by atomic mass is 10.3. The van der Waals surface area contributed by atoms with Gasteiger partial charge in [-0.1, -0.05) is 49.6 Å². The highest BCUT2D eigenvalue weighted by atomic mass is 32.2. The van der Waals surface area contributed by atoms with E-state index in [4.69, 9.17) is 12.2 Å². The highest BCUT2D eigenvalue weighted by Gasteiger charge is 2.09. The topological polar surface area (TPSA) is 45.2 Å².